The predicted molar refractivity (Wildman–Crippen MR) is 156 cm³/mol. The van der Waals surface area contributed by atoms with Gasteiger partial charge in [0, 0.05) is 49.0 Å². The van der Waals surface area contributed by atoms with Gasteiger partial charge in [-0.05, 0) is 64.3 Å². The number of hydrogen-bond donors (Lipinski definition) is 1. The van der Waals surface area contributed by atoms with Crippen molar-refractivity contribution in [2.75, 3.05) is 25.0 Å². The van der Waals surface area contributed by atoms with Crippen LogP contribution in [0.4, 0.5) is 5.69 Å². The number of aromatic nitrogens is 4. The summed E-state index contributed by atoms with van der Waals surface area (Å²) in [6.07, 6.45) is 9.28. The van der Waals surface area contributed by atoms with E-state index in [1.54, 1.807) is 6.08 Å². The van der Waals surface area contributed by atoms with E-state index in [4.69, 9.17) is 4.98 Å². The molecule has 5 rings (SSSR count). The van der Waals surface area contributed by atoms with Crippen LogP contribution in [0.15, 0.2) is 37.2 Å². The molecule has 2 aromatic heterocycles. The van der Waals surface area contributed by atoms with Crippen molar-refractivity contribution in [1.29, 1.82) is 0 Å². The average molecular weight is 495 g/mol. The van der Waals surface area contributed by atoms with Crippen molar-refractivity contribution in [2.45, 2.75) is 99.2 Å². The molecule has 2 aliphatic rings. The van der Waals surface area contributed by atoms with Crippen molar-refractivity contribution >= 4 is 16.7 Å². The van der Waals surface area contributed by atoms with Gasteiger partial charge >= 0.3 is 0 Å². The van der Waals surface area contributed by atoms with Crippen LogP contribution < -0.4 is 10.2 Å². The summed E-state index contributed by atoms with van der Waals surface area (Å²) in [7, 11) is 2.22. The van der Waals surface area contributed by atoms with E-state index in [9.17, 15) is 0 Å². The van der Waals surface area contributed by atoms with E-state index < -0.39 is 0 Å². The van der Waals surface area contributed by atoms with Gasteiger partial charge in [0.15, 0.2) is 0 Å². The number of nitrogens with zero attached hydrogens (tertiary/aromatic N) is 5. The fourth-order valence-corrected chi connectivity index (χ4v) is 5.11. The van der Waals surface area contributed by atoms with Gasteiger partial charge in [0.2, 0.25) is 0 Å². The molecule has 0 aliphatic carbocycles. The molecule has 3 atom stereocenters. The van der Waals surface area contributed by atoms with Crippen molar-refractivity contribution in [3.8, 4) is 0 Å². The number of hydrogen-bond acceptors (Lipinski definition) is 4. The predicted octanol–water partition coefficient (Wildman–Crippen LogP) is 6.89. The Labute approximate surface area is 219 Å². The van der Waals surface area contributed by atoms with Gasteiger partial charge < -0.3 is 14.8 Å². The van der Waals surface area contributed by atoms with Crippen LogP contribution in [0, 0.1) is 6.92 Å². The first-order chi connectivity index (χ1) is 17.4. The Bertz CT molecular complexity index is 1070. The number of anilines is 1. The Morgan fingerprint density at radius 1 is 1.19 bits per heavy atom. The maximum atomic E-state index is 5.30. The average Bonchev–Trinajstić information content (AvgIpc) is 3.64. The highest BCUT2D eigenvalue weighted by Gasteiger charge is 2.29. The molecule has 0 spiro atoms. The summed E-state index contributed by atoms with van der Waals surface area (Å²) >= 11 is 0. The summed E-state index contributed by atoms with van der Waals surface area (Å²) in [6, 6.07) is 5.69. The SMILES string of the molecule is C=CC.CC.CC.Cc1cnn(CC(C)c2nc3c4c(ccc3n2C2CCNC2)N(C)C(C)CC4)c1. The Kier molecular flexibility index (Phi) is 11.7. The van der Waals surface area contributed by atoms with Crippen molar-refractivity contribution in [2.24, 2.45) is 0 Å². The second-order valence-electron chi connectivity index (χ2n) is 9.47. The van der Waals surface area contributed by atoms with Gasteiger partial charge in [-0.1, -0.05) is 40.7 Å². The standard InChI is InChI=1S/C23H32N6.C3H6.2C2H6/c1-15-11-25-28(13-15)14-16(2)23-26-22-19-6-5-17(3)27(4)20(19)7-8-21(22)29(23)18-9-10-24-12-18;1-3-2;2*1-2/h7-8,11,13,16-18,24H,5-6,9-10,12,14H2,1-4H3;3H,1H2,2H3;2*1-2H3. The Morgan fingerprint density at radius 3 is 2.47 bits per heavy atom. The zero-order chi connectivity index (χ0) is 26.8. The van der Waals surface area contributed by atoms with Crippen LogP contribution in [0.25, 0.3) is 11.0 Å². The third kappa shape index (κ3) is 6.39. The molecule has 3 aromatic rings. The summed E-state index contributed by atoms with van der Waals surface area (Å²) in [5.41, 5.74) is 6.51. The number of benzene rings is 1. The van der Waals surface area contributed by atoms with Crippen LogP contribution in [0.1, 0.15) is 90.2 Å². The first kappa shape index (κ1) is 29.6. The molecule has 0 saturated carbocycles. The van der Waals surface area contributed by atoms with Gasteiger partial charge in [0.25, 0.3) is 0 Å². The molecule has 200 valence electrons. The van der Waals surface area contributed by atoms with Crippen molar-refractivity contribution in [1.82, 2.24) is 24.6 Å². The number of imidazole rings is 1. The van der Waals surface area contributed by atoms with Crippen LogP contribution in [0.5, 0.6) is 0 Å². The van der Waals surface area contributed by atoms with E-state index in [0.717, 1.165) is 26.1 Å². The minimum atomic E-state index is 0.304. The monoisotopic (exact) mass is 494 g/mol. The van der Waals surface area contributed by atoms with E-state index in [-0.39, 0.29) is 0 Å². The van der Waals surface area contributed by atoms with Crippen molar-refractivity contribution < 1.29 is 0 Å². The molecule has 6 heteroatoms. The Balaban J connectivity index is 0.000000596. The molecule has 1 saturated heterocycles. The van der Waals surface area contributed by atoms with Crippen molar-refractivity contribution in [3.05, 3.63) is 54.1 Å². The van der Waals surface area contributed by atoms with E-state index in [2.05, 4.69) is 77.3 Å². The quantitative estimate of drug-likeness (QED) is 0.401. The fraction of sp³-hybridized carbons (Fsp3) is 0.600. The molecule has 3 unspecified atom stereocenters. The lowest BCUT2D eigenvalue weighted by molar-refractivity contribution is 0.470. The van der Waals surface area contributed by atoms with Crippen LogP contribution in [-0.4, -0.2) is 45.5 Å². The molecule has 4 heterocycles. The number of allylic oxidation sites excluding steroid dienone is 1. The van der Waals surface area contributed by atoms with E-state index in [0.29, 0.717) is 18.0 Å². The van der Waals surface area contributed by atoms with Gasteiger partial charge in [0.05, 0.1) is 23.8 Å². The van der Waals surface area contributed by atoms with Crippen LogP contribution in [-0.2, 0) is 13.0 Å². The van der Waals surface area contributed by atoms with Crippen LogP contribution in [0.2, 0.25) is 0 Å². The lowest BCUT2D eigenvalue weighted by Crippen LogP contribution is -2.33. The largest absolute Gasteiger partial charge is 0.372 e. The molecule has 36 heavy (non-hydrogen) atoms. The Morgan fingerprint density at radius 2 is 1.89 bits per heavy atom. The highest BCUT2D eigenvalue weighted by atomic mass is 15.3. The second kappa shape index (κ2) is 14.2. The number of nitrogens with one attached hydrogen (secondary N) is 1. The molecule has 0 radical (unpaired) electrons. The maximum Gasteiger partial charge on any atom is 0.114 e. The molecular formula is C30H50N6. The molecule has 1 fully saturated rings. The van der Waals surface area contributed by atoms with E-state index >= 15 is 0 Å². The van der Waals surface area contributed by atoms with Crippen molar-refractivity contribution in [3.63, 3.8) is 0 Å². The summed E-state index contributed by atoms with van der Waals surface area (Å²) in [5.74, 6) is 1.51. The van der Waals surface area contributed by atoms with Gasteiger partial charge in [-0.3, -0.25) is 4.68 Å². The van der Waals surface area contributed by atoms with Gasteiger partial charge in [0.1, 0.15) is 5.82 Å². The summed E-state index contributed by atoms with van der Waals surface area (Å²) < 4.78 is 4.59. The fourth-order valence-electron chi connectivity index (χ4n) is 5.11. The number of aryl methyl sites for hydroxylation is 2. The lowest BCUT2D eigenvalue weighted by atomic mass is 9.96. The third-order valence-electron chi connectivity index (χ3n) is 6.89. The van der Waals surface area contributed by atoms with Gasteiger partial charge in [-0.15, -0.1) is 6.58 Å². The normalized spacial score (nSPS) is 19.2. The van der Waals surface area contributed by atoms with E-state index in [1.165, 1.54) is 46.5 Å². The first-order valence-corrected chi connectivity index (χ1v) is 14.0. The Hall–Kier alpha value is -2.60. The first-order valence-electron chi connectivity index (χ1n) is 14.0. The van der Waals surface area contributed by atoms with Crippen LogP contribution >= 0.6 is 0 Å². The topological polar surface area (TPSA) is 50.9 Å². The molecule has 0 amide bonds. The lowest BCUT2D eigenvalue weighted by Gasteiger charge is -2.34. The molecule has 2 aliphatic heterocycles. The summed E-state index contributed by atoms with van der Waals surface area (Å²) in [6.45, 7) is 22.9. The van der Waals surface area contributed by atoms with E-state index in [1.807, 2.05) is 40.8 Å². The highest BCUT2D eigenvalue weighted by molar-refractivity contribution is 5.86. The molecule has 0 bridgehead atoms. The maximum absolute atomic E-state index is 5.30. The zero-order valence-electron chi connectivity index (χ0n) is 24.3. The molecular weight excluding hydrogens is 444 g/mol. The second-order valence-corrected chi connectivity index (χ2v) is 9.47. The molecule has 1 aromatic carbocycles. The number of fused-ring (bicyclic) bond motifs is 3. The van der Waals surface area contributed by atoms with Crippen LogP contribution in [0.3, 0.4) is 0 Å². The minimum Gasteiger partial charge on any atom is -0.372 e. The molecule has 1 N–H and O–H groups in total. The number of rotatable bonds is 4. The van der Waals surface area contributed by atoms with Gasteiger partial charge in [-0.2, -0.15) is 5.10 Å². The summed E-state index contributed by atoms with van der Waals surface area (Å²) in [4.78, 5) is 7.72. The third-order valence-corrected chi connectivity index (χ3v) is 6.89. The smallest absolute Gasteiger partial charge is 0.114 e. The highest BCUT2D eigenvalue weighted by Crippen LogP contribution is 2.38. The van der Waals surface area contributed by atoms with Gasteiger partial charge in [-0.25, -0.2) is 4.98 Å². The zero-order valence-corrected chi connectivity index (χ0v) is 24.3. The minimum absolute atomic E-state index is 0.304. The summed E-state index contributed by atoms with van der Waals surface area (Å²) in [5, 5.41) is 8.06. The molecule has 6 nitrogen and oxygen atoms in total.